The second-order valence-electron chi connectivity index (χ2n) is 4.17. The Morgan fingerprint density at radius 2 is 2.05 bits per heavy atom. The molecule has 1 aromatic carbocycles. The Morgan fingerprint density at radius 3 is 2.75 bits per heavy atom. The van der Waals surface area contributed by atoms with Crippen LogP contribution in [0.4, 0.5) is 0 Å². The van der Waals surface area contributed by atoms with Crippen LogP contribution in [0.2, 0.25) is 5.02 Å². The van der Waals surface area contributed by atoms with Gasteiger partial charge in [0.1, 0.15) is 6.61 Å². The van der Waals surface area contributed by atoms with Crippen LogP contribution in [0.5, 0.6) is 11.5 Å². The topological polar surface area (TPSA) is 57.4 Å². The van der Waals surface area contributed by atoms with Crippen molar-refractivity contribution in [1.82, 2.24) is 4.98 Å². The minimum Gasteiger partial charge on any atom is -0.490 e. The number of nitrogens with two attached hydrogens (primary N) is 1. The molecular formula is C15H17ClN2O2. The van der Waals surface area contributed by atoms with Crippen molar-refractivity contribution in [2.75, 3.05) is 6.61 Å². The Morgan fingerprint density at radius 1 is 1.20 bits per heavy atom. The predicted molar refractivity (Wildman–Crippen MR) is 79.1 cm³/mol. The Kier molecular flexibility index (Phi) is 5.21. The lowest BCUT2D eigenvalue weighted by atomic mass is 10.2. The molecule has 0 radical (unpaired) electrons. The van der Waals surface area contributed by atoms with Gasteiger partial charge in [-0.05, 0) is 30.7 Å². The lowest BCUT2D eigenvalue weighted by Gasteiger charge is -2.13. The van der Waals surface area contributed by atoms with E-state index in [9.17, 15) is 0 Å². The molecule has 2 N–H and O–H groups in total. The van der Waals surface area contributed by atoms with Gasteiger partial charge in [-0.2, -0.15) is 0 Å². The van der Waals surface area contributed by atoms with Crippen LogP contribution in [0.1, 0.15) is 18.1 Å². The Balaban J connectivity index is 2.14. The third-order valence-corrected chi connectivity index (χ3v) is 3.12. The first-order valence-corrected chi connectivity index (χ1v) is 6.79. The summed E-state index contributed by atoms with van der Waals surface area (Å²) in [6.45, 7) is 3.33. The van der Waals surface area contributed by atoms with Crippen LogP contribution in [0.3, 0.4) is 0 Å². The molecule has 1 aromatic heterocycles. The van der Waals surface area contributed by atoms with Gasteiger partial charge < -0.3 is 15.2 Å². The highest BCUT2D eigenvalue weighted by atomic mass is 35.5. The second-order valence-corrected chi connectivity index (χ2v) is 4.58. The number of pyridine rings is 1. The fourth-order valence-corrected chi connectivity index (χ4v) is 1.92. The van der Waals surface area contributed by atoms with Gasteiger partial charge in [-0.3, -0.25) is 4.98 Å². The van der Waals surface area contributed by atoms with Gasteiger partial charge in [-0.15, -0.1) is 0 Å². The summed E-state index contributed by atoms with van der Waals surface area (Å²) in [7, 11) is 0. The summed E-state index contributed by atoms with van der Waals surface area (Å²) < 4.78 is 11.4. The van der Waals surface area contributed by atoms with Crippen molar-refractivity contribution in [1.29, 1.82) is 0 Å². The molecule has 106 valence electrons. The van der Waals surface area contributed by atoms with Gasteiger partial charge in [0, 0.05) is 24.5 Å². The van der Waals surface area contributed by atoms with Gasteiger partial charge in [0.25, 0.3) is 0 Å². The zero-order valence-electron chi connectivity index (χ0n) is 11.3. The molecule has 0 fully saturated rings. The number of aromatic nitrogens is 1. The first-order valence-electron chi connectivity index (χ1n) is 6.41. The van der Waals surface area contributed by atoms with E-state index in [2.05, 4.69) is 4.98 Å². The fourth-order valence-electron chi connectivity index (χ4n) is 1.74. The lowest BCUT2D eigenvalue weighted by Crippen LogP contribution is -2.02. The van der Waals surface area contributed by atoms with E-state index in [0.717, 1.165) is 11.1 Å². The fraction of sp³-hybridized carbons (Fsp3) is 0.267. The van der Waals surface area contributed by atoms with E-state index in [4.69, 9.17) is 26.8 Å². The highest BCUT2D eigenvalue weighted by Gasteiger charge is 2.07. The molecule has 0 aliphatic rings. The molecule has 0 aliphatic carbocycles. The van der Waals surface area contributed by atoms with Crippen LogP contribution in [0.15, 0.2) is 36.7 Å². The number of ether oxygens (including phenoxy) is 2. The van der Waals surface area contributed by atoms with E-state index in [1.807, 2.05) is 31.2 Å². The number of benzene rings is 1. The van der Waals surface area contributed by atoms with E-state index in [-0.39, 0.29) is 0 Å². The molecule has 4 nitrogen and oxygen atoms in total. The summed E-state index contributed by atoms with van der Waals surface area (Å²) in [6.07, 6.45) is 3.28. The quantitative estimate of drug-likeness (QED) is 0.888. The Hall–Kier alpha value is -1.78. The molecule has 20 heavy (non-hydrogen) atoms. The van der Waals surface area contributed by atoms with Gasteiger partial charge in [-0.25, -0.2) is 0 Å². The normalized spacial score (nSPS) is 10.3. The van der Waals surface area contributed by atoms with Gasteiger partial charge in [0.15, 0.2) is 11.5 Å². The number of halogens is 1. The average Bonchev–Trinajstić information content (AvgIpc) is 2.47. The van der Waals surface area contributed by atoms with Crippen molar-refractivity contribution in [3.8, 4) is 11.5 Å². The SMILES string of the molecule is CCOc1cc(CN)ccc1OCc1ccncc1Cl. The number of hydrogen-bond donors (Lipinski definition) is 1. The summed E-state index contributed by atoms with van der Waals surface area (Å²) in [4.78, 5) is 3.94. The smallest absolute Gasteiger partial charge is 0.161 e. The van der Waals surface area contributed by atoms with E-state index in [0.29, 0.717) is 36.3 Å². The third-order valence-electron chi connectivity index (χ3n) is 2.78. The number of rotatable bonds is 6. The first-order chi connectivity index (χ1) is 9.74. The molecule has 1 heterocycles. The van der Waals surface area contributed by atoms with E-state index in [1.54, 1.807) is 12.4 Å². The molecule has 0 unspecified atom stereocenters. The number of hydrogen-bond acceptors (Lipinski definition) is 4. The summed E-state index contributed by atoms with van der Waals surface area (Å²) in [5, 5.41) is 0.587. The van der Waals surface area contributed by atoms with Crippen LogP contribution in [0, 0.1) is 0 Å². The lowest BCUT2D eigenvalue weighted by molar-refractivity contribution is 0.269. The molecular weight excluding hydrogens is 276 g/mol. The molecule has 0 spiro atoms. The van der Waals surface area contributed by atoms with Crippen molar-refractivity contribution in [3.63, 3.8) is 0 Å². The van der Waals surface area contributed by atoms with Gasteiger partial charge >= 0.3 is 0 Å². The standard InChI is InChI=1S/C15H17ClN2O2/c1-2-19-15-7-11(8-17)3-4-14(15)20-10-12-5-6-18-9-13(12)16/h3-7,9H,2,8,10,17H2,1H3. The average molecular weight is 293 g/mol. The van der Waals surface area contributed by atoms with Crippen LogP contribution < -0.4 is 15.2 Å². The summed E-state index contributed by atoms with van der Waals surface area (Å²) in [5.74, 6) is 1.37. The van der Waals surface area contributed by atoms with Gasteiger partial charge in [0.2, 0.25) is 0 Å². The van der Waals surface area contributed by atoms with Crippen molar-refractivity contribution >= 4 is 11.6 Å². The third kappa shape index (κ3) is 3.62. The molecule has 5 heteroatoms. The Labute approximate surface area is 123 Å². The number of nitrogens with zero attached hydrogens (tertiary/aromatic N) is 1. The molecule has 0 saturated carbocycles. The van der Waals surface area contributed by atoms with Crippen LogP contribution >= 0.6 is 11.6 Å². The maximum absolute atomic E-state index is 6.05. The highest BCUT2D eigenvalue weighted by Crippen LogP contribution is 2.29. The van der Waals surface area contributed by atoms with Crippen molar-refractivity contribution in [3.05, 3.63) is 52.8 Å². The first kappa shape index (κ1) is 14.6. The van der Waals surface area contributed by atoms with E-state index in [1.165, 1.54) is 0 Å². The Bertz CT molecular complexity index is 576. The maximum atomic E-state index is 6.05. The largest absolute Gasteiger partial charge is 0.490 e. The molecule has 2 rings (SSSR count). The minimum atomic E-state index is 0.364. The van der Waals surface area contributed by atoms with E-state index >= 15 is 0 Å². The molecule has 0 saturated heterocycles. The van der Waals surface area contributed by atoms with Crippen LogP contribution in [-0.2, 0) is 13.2 Å². The maximum Gasteiger partial charge on any atom is 0.161 e. The molecule has 0 atom stereocenters. The van der Waals surface area contributed by atoms with Gasteiger partial charge in [-0.1, -0.05) is 17.7 Å². The summed E-state index contributed by atoms with van der Waals surface area (Å²) in [5.41, 5.74) is 7.51. The van der Waals surface area contributed by atoms with Crippen molar-refractivity contribution < 1.29 is 9.47 Å². The monoisotopic (exact) mass is 292 g/mol. The molecule has 0 bridgehead atoms. The summed E-state index contributed by atoms with van der Waals surface area (Å²) >= 11 is 6.05. The zero-order valence-corrected chi connectivity index (χ0v) is 12.1. The predicted octanol–water partition coefficient (Wildman–Crippen LogP) is 3.17. The van der Waals surface area contributed by atoms with Crippen LogP contribution in [0.25, 0.3) is 0 Å². The molecule has 2 aromatic rings. The van der Waals surface area contributed by atoms with E-state index < -0.39 is 0 Å². The molecule has 0 aliphatic heterocycles. The van der Waals surface area contributed by atoms with Crippen molar-refractivity contribution in [2.45, 2.75) is 20.1 Å². The second kappa shape index (κ2) is 7.12. The highest BCUT2D eigenvalue weighted by molar-refractivity contribution is 6.31. The van der Waals surface area contributed by atoms with Crippen LogP contribution in [-0.4, -0.2) is 11.6 Å². The zero-order chi connectivity index (χ0) is 14.4. The summed E-state index contributed by atoms with van der Waals surface area (Å²) in [6, 6.07) is 7.51. The molecule has 0 amide bonds. The van der Waals surface area contributed by atoms with Gasteiger partial charge in [0.05, 0.1) is 11.6 Å². The van der Waals surface area contributed by atoms with Crippen molar-refractivity contribution in [2.24, 2.45) is 5.73 Å². The minimum absolute atomic E-state index is 0.364.